The SMILES string of the molecule is CO/C=C/c1ccc(CO)c(I)c1. The highest BCUT2D eigenvalue weighted by atomic mass is 127. The minimum atomic E-state index is 0.0898. The minimum absolute atomic E-state index is 0.0898. The lowest BCUT2D eigenvalue weighted by atomic mass is 10.1. The molecule has 3 heteroatoms. The van der Waals surface area contributed by atoms with Gasteiger partial charge in [-0.15, -0.1) is 0 Å². The molecule has 0 saturated heterocycles. The molecule has 0 unspecified atom stereocenters. The predicted molar refractivity (Wildman–Crippen MR) is 61.1 cm³/mol. The number of aliphatic hydroxyl groups is 1. The second-order valence-electron chi connectivity index (χ2n) is 2.55. The molecule has 0 fully saturated rings. The van der Waals surface area contributed by atoms with E-state index in [2.05, 4.69) is 22.6 Å². The van der Waals surface area contributed by atoms with Crippen molar-refractivity contribution in [2.24, 2.45) is 0 Å². The van der Waals surface area contributed by atoms with Gasteiger partial charge >= 0.3 is 0 Å². The van der Waals surface area contributed by atoms with E-state index in [-0.39, 0.29) is 6.61 Å². The molecule has 0 atom stereocenters. The van der Waals surface area contributed by atoms with Crippen molar-refractivity contribution in [2.75, 3.05) is 7.11 Å². The monoisotopic (exact) mass is 290 g/mol. The molecule has 1 rings (SSSR count). The average molecular weight is 290 g/mol. The Bertz CT molecular complexity index is 308. The highest BCUT2D eigenvalue weighted by Gasteiger charge is 1.97. The zero-order valence-electron chi connectivity index (χ0n) is 7.33. The summed E-state index contributed by atoms with van der Waals surface area (Å²) >= 11 is 2.20. The fourth-order valence-corrected chi connectivity index (χ4v) is 1.65. The predicted octanol–water partition coefficient (Wildman–Crippen LogP) is 2.40. The largest absolute Gasteiger partial charge is 0.504 e. The third-order valence-electron chi connectivity index (χ3n) is 1.64. The Kier molecular flexibility index (Phi) is 4.24. The molecule has 0 aromatic heterocycles. The van der Waals surface area contributed by atoms with E-state index in [1.807, 2.05) is 24.3 Å². The number of methoxy groups -OCH3 is 1. The van der Waals surface area contributed by atoms with Crippen molar-refractivity contribution in [3.8, 4) is 0 Å². The van der Waals surface area contributed by atoms with Gasteiger partial charge in [0.25, 0.3) is 0 Å². The molecule has 13 heavy (non-hydrogen) atoms. The van der Waals surface area contributed by atoms with Crippen LogP contribution in [0, 0.1) is 3.57 Å². The van der Waals surface area contributed by atoms with Crippen molar-refractivity contribution in [2.45, 2.75) is 6.61 Å². The summed E-state index contributed by atoms with van der Waals surface area (Å²) in [5, 5.41) is 8.94. The van der Waals surface area contributed by atoms with Crippen LogP contribution in [0.4, 0.5) is 0 Å². The van der Waals surface area contributed by atoms with Gasteiger partial charge in [-0.3, -0.25) is 0 Å². The Morgan fingerprint density at radius 1 is 1.54 bits per heavy atom. The van der Waals surface area contributed by atoms with Gasteiger partial charge in [0.05, 0.1) is 20.0 Å². The van der Waals surface area contributed by atoms with Crippen LogP contribution in [0.5, 0.6) is 0 Å². The first-order valence-electron chi connectivity index (χ1n) is 3.86. The second kappa shape index (κ2) is 5.24. The van der Waals surface area contributed by atoms with Gasteiger partial charge in [-0.2, -0.15) is 0 Å². The number of hydrogen-bond acceptors (Lipinski definition) is 2. The lowest BCUT2D eigenvalue weighted by Crippen LogP contribution is -1.88. The first-order chi connectivity index (χ1) is 6.27. The Morgan fingerprint density at radius 3 is 2.85 bits per heavy atom. The van der Waals surface area contributed by atoms with Crippen molar-refractivity contribution in [1.29, 1.82) is 0 Å². The zero-order valence-corrected chi connectivity index (χ0v) is 9.48. The number of ether oxygens (including phenoxy) is 1. The molecule has 0 saturated carbocycles. The number of halogens is 1. The Balaban J connectivity index is 2.89. The molecule has 70 valence electrons. The topological polar surface area (TPSA) is 29.5 Å². The standard InChI is InChI=1S/C10H11IO2/c1-13-5-4-8-2-3-9(7-12)10(11)6-8/h2-6,12H,7H2,1H3/b5-4+. The third kappa shape index (κ3) is 3.00. The summed E-state index contributed by atoms with van der Waals surface area (Å²) in [6.07, 6.45) is 3.51. The highest BCUT2D eigenvalue weighted by molar-refractivity contribution is 14.1. The van der Waals surface area contributed by atoms with Crippen LogP contribution in [0.2, 0.25) is 0 Å². The van der Waals surface area contributed by atoms with Crippen LogP contribution in [0.3, 0.4) is 0 Å². The molecule has 0 radical (unpaired) electrons. The number of rotatable bonds is 3. The van der Waals surface area contributed by atoms with Crippen LogP contribution in [0.25, 0.3) is 6.08 Å². The molecule has 1 N–H and O–H groups in total. The Labute approximate surface area is 91.4 Å². The Morgan fingerprint density at radius 2 is 2.31 bits per heavy atom. The first kappa shape index (κ1) is 10.5. The van der Waals surface area contributed by atoms with E-state index >= 15 is 0 Å². The third-order valence-corrected chi connectivity index (χ3v) is 2.65. The van der Waals surface area contributed by atoms with Gasteiger partial charge in [-0.1, -0.05) is 12.1 Å². The number of hydrogen-bond donors (Lipinski definition) is 1. The lowest BCUT2D eigenvalue weighted by molar-refractivity contribution is 0.281. The van der Waals surface area contributed by atoms with Crippen LogP contribution in [0.1, 0.15) is 11.1 Å². The van der Waals surface area contributed by atoms with Gasteiger partial charge in [0.2, 0.25) is 0 Å². The van der Waals surface area contributed by atoms with Crippen molar-refractivity contribution >= 4 is 28.7 Å². The van der Waals surface area contributed by atoms with E-state index in [1.165, 1.54) is 0 Å². The minimum Gasteiger partial charge on any atom is -0.504 e. The van der Waals surface area contributed by atoms with Crippen LogP contribution in [0.15, 0.2) is 24.5 Å². The molecule has 0 aliphatic carbocycles. The number of benzene rings is 1. The summed E-state index contributed by atoms with van der Waals surface area (Å²) in [7, 11) is 1.61. The Hall–Kier alpha value is -0.550. The van der Waals surface area contributed by atoms with Crippen LogP contribution in [-0.2, 0) is 11.3 Å². The zero-order chi connectivity index (χ0) is 9.68. The van der Waals surface area contributed by atoms with Crippen molar-refractivity contribution < 1.29 is 9.84 Å². The fraction of sp³-hybridized carbons (Fsp3) is 0.200. The van der Waals surface area contributed by atoms with Gasteiger partial charge < -0.3 is 9.84 Å². The van der Waals surface area contributed by atoms with Crippen molar-refractivity contribution in [3.05, 3.63) is 39.2 Å². The van der Waals surface area contributed by atoms with Crippen LogP contribution < -0.4 is 0 Å². The average Bonchev–Trinajstić information content (AvgIpc) is 2.15. The van der Waals surface area contributed by atoms with Gasteiger partial charge in [0.15, 0.2) is 0 Å². The van der Waals surface area contributed by atoms with Crippen LogP contribution in [-0.4, -0.2) is 12.2 Å². The fourth-order valence-electron chi connectivity index (χ4n) is 0.942. The van der Waals surface area contributed by atoms with Gasteiger partial charge in [0.1, 0.15) is 0 Å². The molecule has 2 nitrogen and oxygen atoms in total. The number of aliphatic hydroxyl groups excluding tert-OH is 1. The molecular formula is C10H11IO2. The van der Waals surface area contributed by atoms with E-state index in [4.69, 9.17) is 9.84 Å². The summed E-state index contributed by atoms with van der Waals surface area (Å²) in [4.78, 5) is 0. The van der Waals surface area contributed by atoms with Crippen LogP contribution >= 0.6 is 22.6 Å². The molecule has 0 aliphatic heterocycles. The maximum absolute atomic E-state index is 8.94. The van der Waals surface area contributed by atoms with Crippen molar-refractivity contribution in [1.82, 2.24) is 0 Å². The molecule has 0 spiro atoms. The second-order valence-corrected chi connectivity index (χ2v) is 3.71. The summed E-state index contributed by atoms with van der Waals surface area (Å²) in [5.74, 6) is 0. The summed E-state index contributed by atoms with van der Waals surface area (Å²) < 4.78 is 5.88. The summed E-state index contributed by atoms with van der Waals surface area (Å²) in [5.41, 5.74) is 2.03. The maximum atomic E-state index is 8.94. The molecular weight excluding hydrogens is 279 g/mol. The van der Waals surface area contributed by atoms with E-state index in [9.17, 15) is 0 Å². The maximum Gasteiger partial charge on any atom is 0.0830 e. The van der Waals surface area contributed by atoms with Gasteiger partial charge in [-0.25, -0.2) is 0 Å². The quantitative estimate of drug-likeness (QED) is 0.684. The molecule has 0 heterocycles. The smallest absolute Gasteiger partial charge is 0.0830 e. The van der Waals surface area contributed by atoms with Gasteiger partial charge in [-0.05, 0) is 45.9 Å². The van der Waals surface area contributed by atoms with Crippen molar-refractivity contribution in [3.63, 3.8) is 0 Å². The first-order valence-corrected chi connectivity index (χ1v) is 4.94. The molecule has 1 aromatic carbocycles. The summed E-state index contributed by atoms with van der Waals surface area (Å²) in [6, 6.07) is 5.86. The molecule has 1 aromatic rings. The highest BCUT2D eigenvalue weighted by Crippen LogP contribution is 2.15. The molecule has 0 aliphatic rings. The van der Waals surface area contributed by atoms with E-state index in [0.717, 1.165) is 14.7 Å². The van der Waals surface area contributed by atoms with Gasteiger partial charge in [0, 0.05) is 3.57 Å². The lowest BCUT2D eigenvalue weighted by Gasteiger charge is -2.01. The van der Waals surface area contributed by atoms with E-state index in [1.54, 1.807) is 13.4 Å². The normalized spacial score (nSPS) is 10.7. The van der Waals surface area contributed by atoms with E-state index in [0.29, 0.717) is 0 Å². The van der Waals surface area contributed by atoms with E-state index < -0.39 is 0 Å². The summed E-state index contributed by atoms with van der Waals surface area (Å²) in [6.45, 7) is 0.0898. The molecule has 0 bridgehead atoms. The molecule has 0 amide bonds.